The molecule has 2 aromatic carbocycles. The van der Waals surface area contributed by atoms with Crippen molar-refractivity contribution in [2.45, 2.75) is 6.92 Å². The Balaban J connectivity index is 2.20. The van der Waals surface area contributed by atoms with Crippen LogP contribution in [0.25, 0.3) is 11.0 Å². The molecule has 0 aliphatic heterocycles. The summed E-state index contributed by atoms with van der Waals surface area (Å²) < 4.78 is 5.66. The molecule has 1 aromatic heterocycles. The summed E-state index contributed by atoms with van der Waals surface area (Å²) in [4.78, 5) is 12.5. The number of hydrogen-bond donors (Lipinski definition) is 0. The predicted molar refractivity (Wildman–Crippen MR) is 84.7 cm³/mol. The van der Waals surface area contributed by atoms with Gasteiger partial charge in [-0.15, -0.1) is 0 Å². The Morgan fingerprint density at radius 2 is 1.81 bits per heavy atom. The minimum absolute atomic E-state index is 0.153. The van der Waals surface area contributed by atoms with Crippen LogP contribution < -0.4 is 5.43 Å². The zero-order valence-electron chi connectivity index (χ0n) is 11.3. The lowest BCUT2D eigenvalue weighted by Gasteiger charge is -2.02. The number of hydrogen-bond acceptors (Lipinski definition) is 2. The van der Waals surface area contributed by atoms with Crippen LogP contribution in [0.5, 0.6) is 0 Å². The van der Waals surface area contributed by atoms with Crippen molar-refractivity contribution in [2.75, 3.05) is 0 Å². The molecule has 3 rings (SSSR count). The SMILES string of the molecule is Cc1oc2ccc(Cl)cc2c(=O)c1C#Cc1ccccc1. The summed E-state index contributed by atoms with van der Waals surface area (Å²) in [6.45, 7) is 1.74. The van der Waals surface area contributed by atoms with Crippen LogP contribution in [-0.4, -0.2) is 0 Å². The average molecular weight is 295 g/mol. The second-order valence-corrected chi connectivity index (χ2v) is 5.06. The molecule has 0 amide bonds. The van der Waals surface area contributed by atoms with Crippen molar-refractivity contribution >= 4 is 22.6 Å². The van der Waals surface area contributed by atoms with Crippen molar-refractivity contribution in [3.8, 4) is 11.8 Å². The topological polar surface area (TPSA) is 30.2 Å². The van der Waals surface area contributed by atoms with E-state index in [9.17, 15) is 4.79 Å². The summed E-state index contributed by atoms with van der Waals surface area (Å²) in [6, 6.07) is 14.5. The fraction of sp³-hybridized carbons (Fsp3) is 0.0556. The van der Waals surface area contributed by atoms with E-state index in [1.54, 1.807) is 25.1 Å². The summed E-state index contributed by atoms with van der Waals surface area (Å²) >= 11 is 5.94. The quantitative estimate of drug-likeness (QED) is 0.583. The highest BCUT2D eigenvalue weighted by Crippen LogP contribution is 2.19. The molecular formula is C18H11ClO2. The Morgan fingerprint density at radius 3 is 2.57 bits per heavy atom. The molecule has 0 fully saturated rings. The lowest BCUT2D eigenvalue weighted by atomic mass is 10.1. The zero-order valence-corrected chi connectivity index (χ0v) is 12.1. The molecule has 0 radical (unpaired) electrons. The third-order valence-electron chi connectivity index (χ3n) is 3.13. The van der Waals surface area contributed by atoms with Gasteiger partial charge in [-0.05, 0) is 37.3 Å². The molecule has 0 spiro atoms. The van der Waals surface area contributed by atoms with E-state index in [0.29, 0.717) is 27.3 Å². The molecule has 0 aliphatic carbocycles. The molecule has 0 saturated heterocycles. The van der Waals surface area contributed by atoms with Crippen molar-refractivity contribution < 1.29 is 4.42 Å². The van der Waals surface area contributed by atoms with E-state index in [1.807, 2.05) is 30.3 Å². The van der Waals surface area contributed by atoms with E-state index in [1.165, 1.54) is 0 Å². The number of rotatable bonds is 0. The minimum atomic E-state index is -0.153. The van der Waals surface area contributed by atoms with Crippen LogP contribution in [0.2, 0.25) is 5.02 Å². The maximum absolute atomic E-state index is 12.5. The first-order chi connectivity index (χ1) is 10.1. The van der Waals surface area contributed by atoms with E-state index in [-0.39, 0.29) is 5.43 Å². The third kappa shape index (κ3) is 2.69. The van der Waals surface area contributed by atoms with Gasteiger partial charge in [-0.3, -0.25) is 4.79 Å². The zero-order chi connectivity index (χ0) is 14.8. The van der Waals surface area contributed by atoms with Gasteiger partial charge in [0.25, 0.3) is 0 Å². The summed E-state index contributed by atoms with van der Waals surface area (Å²) in [5.41, 5.74) is 1.59. The predicted octanol–water partition coefficient (Wildman–Crippen LogP) is 4.15. The van der Waals surface area contributed by atoms with Crippen LogP contribution >= 0.6 is 11.6 Å². The van der Waals surface area contributed by atoms with Crippen LogP contribution in [0.1, 0.15) is 16.9 Å². The molecule has 0 N–H and O–H groups in total. The highest BCUT2D eigenvalue weighted by Gasteiger charge is 2.09. The highest BCUT2D eigenvalue weighted by atomic mass is 35.5. The average Bonchev–Trinajstić information content (AvgIpc) is 2.49. The van der Waals surface area contributed by atoms with Gasteiger partial charge in [0.05, 0.1) is 5.39 Å². The van der Waals surface area contributed by atoms with Gasteiger partial charge in [0.2, 0.25) is 5.43 Å². The molecule has 0 saturated carbocycles. The van der Waals surface area contributed by atoms with Gasteiger partial charge in [0, 0.05) is 10.6 Å². The molecule has 1 heterocycles. The number of fused-ring (bicyclic) bond motifs is 1. The summed E-state index contributed by atoms with van der Waals surface area (Å²) in [5.74, 6) is 6.40. The minimum Gasteiger partial charge on any atom is -0.460 e. The first-order valence-electron chi connectivity index (χ1n) is 6.45. The van der Waals surface area contributed by atoms with Crippen molar-refractivity contribution in [1.82, 2.24) is 0 Å². The van der Waals surface area contributed by atoms with Gasteiger partial charge in [-0.2, -0.15) is 0 Å². The van der Waals surface area contributed by atoms with Crippen LogP contribution in [0.4, 0.5) is 0 Å². The summed E-state index contributed by atoms with van der Waals surface area (Å²) in [6.07, 6.45) is 0. The van der Waals surface area contributed by atoms with Crippen molar-refractivity contribution in [3.63, 3.8) is 0 Å². The van der Waals surface area contributed by atoms with Crippen molar-refractivity contribution in [3.05, 3.63) is 80.7 Å². The molecule has 0 unspecified atom stereocenters. The second kappa shape index (κ2) is 5.47. The summed E-state index contributed by atoms with van der Waals surface area (Å²) in [5, 5.41) is 0.950. The second-order valence-electron chi connectivity index (χ2n) is 4.62. The molecule has 3 aromatic rings. The lowest BCUT2D eigenvalue weighted by molar-refractivity contribution is 0.562. The van der Waals surface area contributed by atoms with Gasteiger partial charge in [0.15, 0.2) is 0 Å². The van der Waals surface area contributed by atoms with E-state index in [2.05, 4.69) is 11.8 Å². The molecule has 2 nitrogen and oxygen atoms in total. The highest BCUT2D eigenvalue weighted by molar-refractivity contribution is 6.31. The monoisotopic (exact) mass is 294 g/mol. The van der Waals surface area contributed by atoms with Gasteiger partial charge < -0.3 is 4.42 Å². The normalized spacial score (nSPS) is 10.2. The summed E-state index contributed by atoms with van der Waals surface area (Å²) in [7, 11) is 0. The van der Waals surface area contributed by atoms with Crippen LogP contribution in [-0.2, 0) is 0 Å². The standard InChI is InChI=1S/C18H11ClO2/c1-12-15(9-7-13-5-3-2-4-6-13)18(20)16-11-14(19)8-10-17(16)21-12/h2-6,8,10-11H,1H3. The van der Waals surface area contributed by atoms with E-state index in [0.717, 1.165) is 5.56 Å². The molecule has 0 atom stereocenters. The Kier molecular flexibility index (Phi) is 3.51. The Labute approximate surface area is 127 Å². The maximum Gasteiger partial charge on any atom is 0.208 e. The smallest absolute Gasteiger partial charge is 0.208 e. The molecule has 0 bridgehead atoms. The van der Waals surface area contributed by atoms with E-state index >= 15 is 0 Å². The molecule has 102 valence electrons. The van der Waals surface area contributed by atoms with Crippen LogP contribution in [0.15, 0.2) is 57.7 Å². The van der Waals surface area contributed by atoms with Gasteiger partial charge in [0.1, 0.15) is 16.9 Å². The van der Waals surface area contributed by atoms with Gasteiger partial charge >= 0.3 is 0 Å². The van der Waals surface area contributed by atoms with E-state index in [4.69, 9.17) is 16.0 Å². The van der Waals surface area contributed by atoms with Crippen molar-refractivity contribution in [2.24, 2.45) is 0 Å². The Morgan fingerprint density at radius 1 is 1.05 bits per heavy atom. The molecule has 3 heteroatoms. The van der Waals surface area contributed by atoms with Crippen LogP contribution in [0, 0.1) is 18.8 Å². The largest absolute Gasteiger partial charge is 0.460 e. The van der Waals surface area contributed by atoms with Gasteiger partial charge in [-0.25, -0.2) is 0 Å². The number of aryl methyl sites for hydroxylation is 1. The third-order valence-corrected chi connectivity index (χ3v) is 3.37. The molecule has 0 aliphatic rings. The van der Waals surface area contributed by atoms with Gasteiger partial charge in [-0.1, -0.05) is 41.6 Å². The number of halogens is 1. The first-order valence-corrected chi connectivity index (χ1v) is 6.83. The fourth-order valence-electron chi connectivity index (χ4n) is 2.08. The Bertz CT molecular complexity index is 928. The van der Waals surface area contributed by atoms with Crippen LogP contribution in [0.3, 0.4) is 0 Å². The first kappa shape index (κ1) is 13.5. The Hall–Kier alpha value is -2.50. The number of benzene rings is 2. The molecular weight excluding hydrogens is 284 g/mol. The van der Waals surface area contributed by atoms with Crippen molar-refractivity contribution in [1.29, 1.82) is 0 Å². The van der Waals surface area contributed by atoms with E-state index < -0.39 is 0 Å². The maximum atomic E-state index is 12.5. The fourth-order valence-corrected chi connectivity index (χ4v) is 2.25. The lowest BCUT2D eigenvalue weighted by Crippen LogP contribution is -2.08. The molecule has 21 heavy (non-hydrogen) atoms.